The summed E-state index contributed by atoms with van der Waals surface area (Å²) in [6.07, 6.45) is 0. The van der Waals surface area contributed by atoms with Crippen molar-refractivity contribution in [1.29, 1.82) is 5.26 Å². The van der Waals surface area contributed by atoms with Gasteiger partial charge in [0.25, 0.3) is 0 Å². The first-order chi connectivity index (χ1) is 9.49. The molecule has 0 heterocycles. The number of benzene rings is 2. The number of ether oxygens (including phenoxy) is 1. The van der Waals surface area contributed by atoms with Crippen molar-refractivity contribution < 1.29 is 4.74 Å². The first-order valence-electron chi connectivity index (χ1n) is 6.71. The van der Waals surface area contributed by atoms with Gasteiger partial charge in [-0.1, -0.05) is 45.0 Å². The number of hydrogen-bond acceptors (Lipinski definition) is 2. The third-order valence-corrected chi connectivity index (χ3v) is 3.16. The van der Waals surface area contributed by atoms with E-state index in [1.807, 2.05) is 30.3 Å². The van der Waals surface area contributed by atoms with Crippen LogP contribution in [0.25, 0.3) is 0 Å². The van der Waals surface area contributed by atoms with Gasteiger partial charge in [0, 0.05) is 0 Å². The lowest BCUT2D eigenvalue weighted by Gasteiger charge is -2.19. The van der Waals surface area contributed by atoms with Gasteiger partial charge in [0.05, 0.1) is 11.6 Å². The molecule has 0 atom stereocenters. The van der Waals surface area contributed by atoms with Gasteiger partial charge < -0.3 is 4.74 Å². The molecule has 0 spiro atoms. The molecule has 0 unspecified atom stereocenters. The molecule has 0 aliphatic heterocycles. The summed E-state index contributed by atoms with van der Waals surface area (Å²) in [4.78, 5) is 0. The molecule has 2 aromatic carbocycles. The van der Waals surface area contributed by atoms with Gasteiger partial charge in [-0.3, -0.25) is 0 Å². The molecule has 102 valence electrons. The van der Waals surface area contributed by atoms with Gasteiger partial charge in [0.1, 0.15) is 12.4 Å². The van der Waals surface area contributed by atoms with Crippen molar-refractivity contribution >= 4 is 0 Å². The molecular formula is C18H19NO. The van der Waals surface area contributed by atoms with E-state index < -0.39 is 0 Å². The Labute approximate surface area is 120 Å². The molecule has 0 aliphatic rings. The van der Waals surface area contributed by atoms with Crippen LogP contribution < -0.4 is 4.74 Å². The van der Waals surface area contributed by atoms with Crippen LogP contribution in [0.1, 0.15) is 37.5 Å². The van der Waals surface area contributed by atoms with Gasteiger partial charge in [-0.15, -0.1) is 0 Å². The minimum atomic E-state index is 0.111. The molecule has 0 fully saturated rings. The van der Waals surface area contributed by atoms with Gasteiger partial charge in [-0.2, -0.15) is 5.26 Å². The van der Waals surface area contributed by atoms with Crippen LogP contribution in [0.15, 0.2) is 48.5 Å². The van der Waals surface area contributed by atoms with Crippen LogP contribution in [0, 0.1) is 11.3 Å². The third kappa shape index (κ3) is 3.61. The predicted molar refractivity (Wildman–Crippen MR) is 80.6 cm³/mol. The second kappa shape index (κ2) is 5.79. The first-order valence-corrected chi connectivity index (χ1v) is 6.71. The Morgan fingerprint density at radius 1 is 1.05 bits per heavy atom. The average Bonchev–Trinajstić information content (AvgIpc) is 2.45. The quantitative estimate of drug-likeness (QED) is 0.822. The van der Waals surface area contributed by atoms with E-state index in [1.54, 1.807) is 6.07 Å². The molecule has 0 aromatic heterocycles. The van der Waals surface area contributed by atoms with E-state index in [4.69, 9.17) is 10.00 Å². The van der Waals surface area contributed by atoms with Gasteiger partial charge in [0.2, 0.25) is 0 Å². The van der Waals surface area contributed by atoms with E-state index in [0.717, 1.165) is 11.3 Å². The van der Waals surface area contributed by atoms with E-state index in [9.17, 15) is 0 Å². The third-order valence-electron chi connectivity index (χ3n) is 3.16. The van der Waals surface area contributed by atoms with Crippen LogP contribution in [-0.2, 0) is 12.0 Å². The highest BCUT2D eigenvalue weighted by molar-refractivity contribution is 5.34. The lowest BCUT2D eigenvalue weighted by Crippen LogP contribution is -2.10. The molecule has 0 saturated heterocycles. The minimum absolute atomic E-state index is 0.111. The average molecular weight is 265 g/mol. The van der Waals surface area contributed by atoms with E-state index in [-0.39, 0.29) is 5.41 Å². The summed E-state index contributed by atoms with van der Waals surface area (Å²) in [5.74, 6) is 0.861. The largest absolute Gasteiger partial charge is 0.489 e. The Kier molecular flexibility index (Phi) is 4.10. The highest BCUT2D eigenvalue weighted by Gasteiger charge is 2.13. The molecule has 20 heavy (non-hydrogen) atoms. The van der Waals surface area contributed by atoms with Gasteiger partial charge in [-0.05, 0) is 40.8 Å². The molecule has 0 aliphatic carbocycles. The maximum Gasteiger partial charge on any atom is 0.120 e. The Morgan fingerprint density at radius 3 is 2.50 bits per heavy atom. The van der Waals surface area contributed by atoms with Crippen molar-refractivity contribution in [3.63, 3.8) is 0 Å². The van der Waals surface area contributed by atoms with Crippen LogP contribution in [0.2, 0.25) is 0 Å². The molecule has 0 radical (unpaired) electrons. The molecular weight excluding hydrogens is 246 g/mol. The number of nitriles is 1. The second-order valence-electron chi connectivity index (χ2n) is 5.88. The number of nitrogens with zero attached hydrogens (tertiary/aromatic N) is 1. The SMILES string of the molecule is CC(C)(C)c1cccc(OCc2cccc(C#N)c2)c1. The van der Waals surface area contributed by atoms with Crippen molar-refractivity contribution in [2.45, 2.75) is 32.8 Å². The fourth-order valence-corrected chi connectivity index (χ4v) is 1.95. The lowest BCUT2D eigenvalue weighted by atomic mass is 9.87. The Balaban J connectivity index is 2.09. The highest BCUT2D eigenvalue weighted by Crippen LogP contribution is 2.26. The maximum absolute atomic E-state index is 8.88. The summed E-state index contributed by atoms with van der Waals surface area (Å²) in [7, 11) is 0. The maximum atomic E-state index is 8.88. The standard InChI is InChI=1S/C18H19NO/c1-18(2,3)16-8-5-9-17(11-16)20-13-15-7-4-6-14(10-15)12-19/h4-11H,13H2,1-3H3. The topological polar surface area (TPSA) is 33.0 Å². The predicted octanol–water partition coefficient (Wildman–Crippen LogP) is 4.43. The van der Waals surface area contributed by atoms with E-state index >= 15 is 0 Å². The van der Waals surface area contributed by atoms with E-state index in [2.05, 4.69) is 39.0 Å². The van der Waals surface area contributed by atoms with Crippen molar-refractivity contribution in [3.8, 4) is 11.8 Å². The van der Waals surface area contributed by atoms with Gasteiger partial charge in [0.15, 0.2) is 0 Å². The number of hydrogen-bond donors (Lipinski definition) is 0. The smallest absolute Gasteiger partial charge is 0.120 e. The Hall–Kier alpha value is -2.27. The fraction of sp³-hybridized carbons (Fsp3) is 0.278. The molecule has 2 nitrogen and oxygen atoms in total. The van der Waals surface area contributed by atoms with Crippen molar-refractivity contribution in [3.05, 3.63) is 65.2 Å². The second-order valence-corrected chi connectivity index (χ2v) is 5.88. The summed E-state index contributed by atoms with van der Waals surface area (Å²) in [5, 5.41) is 8.88. The van der Waals surface area contributed by atoms with Crippen molar-refractivity contribution in [2.24, 2.45) is 0 Å². The minimum Gasteiger partial charge on any atom is -0.489 e. The Morgan fingerprint density at radius 2 is 1.80 bits per heavy atom. The summed E-state index contributed by atoms with van der Waals surface area (Å²) in [5.41, 5.74) is 3.03. The van der Waals surface area contributed by atoms with Crippen LogP contribution in [-0.4, -0.2) is 0 Å². The van der Waals surface area contributed by atoms with E-state index in [0.29, 0.717) is 12.2 Å². The van der Waals surface area contributed by atoms with Crippen LogP contribution in [0.4, 0.5) is 0 Å². The van der Waals surface area contributed by atoms with E-state index in [1.165, 1.54) is 5.56 Å². The summed E-state index contributed by atoms with van der Waals surface area (Å²) >= 11 is 0. The zero-order chi connectivity index (χ0) is 14.6. The zero-order valence-corrected chi connectivity index (χ0v) is 12.2. The fourth-order valence-electron chi connectivity index (χ4n) is 1.95. The monoisotopic (exact) mass is 265 g/mol. The lowest BCUT2D eigenvalue weighted by molar-refractivity contribution is 0.305. The van der Waals surface area contributed by atoms with Crippen molar-refractivity contribution in [2.75, 3.05) is 0 Å². The first kappa shape index (κ1) is 14.1. The summed E-state index contributed by atoms with van der Waals surface area (Å²) in [6.45, 7) is 7.02. The van der Waals surface area contributed by atoms with Crippen LogP contribution in [0.3, 0.4) is 0 Å². The normalized spacial score (nSPS) is 10.9. The molecule has 2 rings (SSSR count). The summed E-state index contributed by atoms with van der Waals surface area (Å²) < 4.78 is 5.82. The molecule has 0 amide bonds. The number of rotatable bonds is 3. The van der Waals surface area contributed by atoms with Crippen LogP contribution in [0.5, 0.6) is 5.75 Å². The van der Waals surface area contributed by atoms with Gasteiger partial charge >= 0.3 is 0 Å². The van der Waals surface area contributed by atoms with Crippen molar-refractivity contribution in [1.82, 2.24) is 0 Å². The Bertz CT molecular complexity index is 632. The summed E-state index contributed by atoms with van der Waals surface area (Å²) in [6, 6.07) is 17.8. The zero-order valence-electron chi connectivity index (χ0n) is 12.2. The van der Waals surface area contributed by atoms with Crippen LogP contribution >= 0.6 is 0 Å². The molecule has 0 saturated carbocycles. The molecule has 0 N–H and O–H groups in total. The highest BCUT2D eigenvalue weighted by atomic mass is 16.5. The molecule has 2 heteroatoms. The van der Waals surface area contributed by atoms with Gasteiger partial charge in [-0.25, -0.2) is 0 Å². The molecule has 2 aromatic rings. The molecule has 0 bridgehead atoms.